The molecule has 1 amide bonds. The van der Waals surface area contributed by atoms with Crippen molar-refractivity contribution in [3.8, 4) is 0 Å². The molecule has 1 N–H and O–H groups in total. The van der Waals surface area contributed by atoms with Crippen LogP contribution in [0.1, 0.15) is 16.8 Å². The van der Waals surface area contributed by atoms with E-state index in [4.69, 9.17) is 0 Å². The number of rotatable bonds is 3. The van der Waals surface area contributed by atoms with Gasteiger partial charge in [-0.05, 0) is 43.2 Å². The van der Waals surface area contributed by atoms with E-state index < -0.39 is 0 Å². The van der Waals surface area contributed by atoms with Crippen LogP contribution in [0.4, 0.5) is 5.82 Å². The number of pyridine rings is 2. The predicted molar refractivity (Wildman–Crippen MR) is 87.8 cm³/mol. The lowest BCUT2D eigenvalue weighted by Crippen LogP contribution is -2.17. The molecule has 0 saturated carbocycles. The lowest BCUT2D eigenvalue weighted by Gasteiger charge is -2.12. The van der Waals surface area contributed by atoms with Crippen LogP contribution in [0.25, 0.3) is 10.9 Å². The first kappa shape index (κ1) is 14.2. The van der Waals surface area contributed by atoms with Crippen LogP contribution in [0, 0.1) is 13.8 Å². The molecule has 4 nitrogen and oxygen atoms in total. The van der Waals surface area contributed by atoms with E-state index in [0.717, 1.165) is 27.7 Å². The van der Waals surface area contributed by atoms with Crippen LogP contribution < -0.4 is 5.32 Å². The summed E-state index contributed by atoms with van der Waals surface area (Å²) in [7, 11) is 0. The van der Waals surface area contributed by atoms with Crippen LogP contribution >= 0.6 is 0 Å². The molecule has 2 aromatic heterocycles. The topological polar surface area (TPSA) is 54.9 Å². The average molecular weight is 291 g/mol. The van der Waals surface area contributed by atoms with Crippen molar-refractivity contribution in [3.63, 3.8) is 0 Å². The fraction of sp³-hybridized carbons (Fsp3) is 0.167. The van der Waals surface area contributed by atoms with E-state index in [0.29, 0.717) is 12.2 Å². The predicted octanol–water partition coefficient (Wildman–Crippen LogP) is 3.43. The molecule has 0 unspecified atom stereocenters. The second-order valence-corrected chi connectivity index (χ2v) is 5.26. The fourth-order valence-corrected chi connectivity index (χ4v) is 2.62. The van der Waals surface area contributed by atoms with Crippen molar-refractivity contribution in [1.82, 2.24) is 9.97 Å². The zero-order valence-corrected chi connectivity index (χ0v) is 12.6. The van der Waals surface area contributed by atoms with Crippen molar-refractivity contribution in [2.75, 3.05) is 5.32 Å². The second-order valence-electron chi connectivity index (χ2n) is 5.26. The summed E-state index contributed by atoms with van der Waals surface area (Å²) in [5, 5.41) is 3.91. The Labute approximate surface area is 129 Å². The molecule has 0 spiro atoms. The first-order valence-corrected chi connectivity index (χ1v) is 7.21. The van der Waals surface area contributed by atoms with Crippen LogP contribution in [0.15, 0.2) is 48.7 Å². The normalized spacial score (nSPS) is 10.6. The maximum atomic E-state index is 12.2. The third kappa shape index (κ3) is 2.81. The molecule has 2 heterocycles. The number of fused-ring (bicyclic) bond motifs is 1. The molecule has 3 rings (SSSR count). The summed E-state index contributed by atoms with van der Waals surface area (Å²) in [6.45, 7) is 3.99. The van der Waals surface area contributed by atoms with Crippen molar-refractivity contribution >= 4 is 22.6 Å². The van der Waals surface area contributed by atoms with E-state index in [2.05, 4.69) is 15.3 Å². The van der Waals surface area contributed by atoms with Crippen LogP contribution in [-0.4, -0.2) is 15.9 Å². The van der Waals surface area contributed by atoms with Crippen LogP contribution in [0.3, 0.4) is 0 Å². The summed E-state index contributed by atoms with van der Waals surface area (Å²) in [6, 6.07) is 13.4. The Balaban J connectivity index is 1.89. The number of hydrogen-bond acceptors (Lipinski definition) is 3. The first-order valence-electron chi connectivity index (χ1n) is 7.21. The number of aromatic nitrogens is 2. The van der Waals surface area contributed by atoms with Gasteiger partial charge in [0.2, 0.25) is 5.91 Å². The Morgan fingerprint density at radius 2 is 1.86 bits per heavy atom. The van der Waals surface area contributed by atoms with Gasteiger partial charge in [0.1, 0.15) is 5.82 Å². The van der Waals surface area contributed by atoms with Gasteiger partial charge in [-0.1, -0.05) is 24.3 Å². The Hall–Kier alpha value is -2.75. The molecule has 4 heteroatoms. The highest BCUT2D eigenvalue weighted by atomic mass is 16.1. The van der Waals surface area contributed by atoms with Crippen molar-refractivity contribution in [3.05, 3.63) is 65.5 Å². The number of benzene rings is 1. The maximum absolute atomic E-state index is 12.2. The van der Waals surface area contributed by atoms with E-state index >= 15 is 0 Å². The van der Waals surface area contributed by atoms with Gasteiger partial charge in [0, 0.05) is 17.3 Å². The monoisotopic (exact) mass is 291 g/mol. The molecule has 0 aliphatic rings. The number of nitrogens with zero attached hydrogens (tertiary/aromatic N) is 2. The summed E-state index contributed by atoms with van der Waals surface area (Å²) < 4.78 is 0. The van der Waals surface area contributed by atoms with Crippen LogP contribution in [0.2, 0.25) is 0 Å². The highest BCUT2D eigenvalue weighted by Gasteiger charge is 2.13. The third-order valence-corrected chi connectivity index (χ3v) is 3.76. The van der Waals surface area contributed by atoms with Gasteiger partial charge in [0.05, 0.1) is 11.9 Å². The Morgan fingerprint density at radius 1 is 1.09 bits per heavy atom. The maximum Gasteiger partial charge on any atom is 0.230 e. The van der Waals surface area contributed by atoms with Gasteiger partial charge >= 0.3 is 0 Å². The molecule has 0 aliphatic carbocycles. The van der Waals surface area contributed by atoms with Gasteiger partial charge in [-0.3, -0.25) is 9.78 Å². The van der Waals surface area contributed by atoms with Gasteiger partial charge in [0.25, 0.3) is 0 Å². The van der Waals surface area contributed by atoms with Gasteiger partial charge in [-0.25, -0.2) is 4.98 Å². The van der Waals surface area contributed by atoms with Crippen molar-refractivity contribution in [2.45, 2.75) is 20.3 Å². The molecule has 110 valence electrons. The zero-order valence-electron chi connectivity index (χ0n) is 12.6. The van der Waals surface area contributed by atoms with E-state index in [1.807, 2.05) is 50.2 Å². The lowest BCUT2D eigenvalue weighted by molar-refractivity contribution is -0.115. The molecule has 1 aromatic carbocycles. The third-order valence-electron chi connectivity index (χ3n) is 3.76. The Bertz CT molecular complexity index is 828. The van der Waals surface area contributed by atoms with Crippen molar-refractivity contribution in [1.29, 1.82) is 0 Å². The van der Waals surface area contributed by atoms with E-state index in [-0.39, 0.29) is 5.91 Å². The molecule has 0 atom stereocenters. The number of para-hydroxylation sites is 1. The first-order chi connectivity index (χ1) is 10.6. The largest absolute Gasteiger partial charge is 0.310 e. The van der Waals surface area contributed by atoms with Gasteiger partial charge in [0.15, 0.2) is 0 Å². The van der Waals surface area contributed by atoms with E-state index in [1.165, 1.54) is 0 Å². The number of anilines is 1. The van der Waals surface area contributed by atoms with Crippen molar-refractivity contribution < 1.29 is 4.79 Å². The van der Waals surface area contributed by atoms with E-state index in [1.54, 1.807) is 12.3 Å². The number of amides is 1. The summed E-state index contributed by atoms with van der Waals surface area (Å²) in [5.41, 5.74) is 3.95. The summed E-state index contributed by atoms with van der Waals surface area (Å²) in [5.74, 6) is 0.485. The quantitative estimate of drug-likeness (QED) is 0.804. The highest BCUT2D eigenvalue weighted by molar-refractivity contribution is 5.93. The molecule has 0 bridgehead atoms. The number of hydrogen-bond donors (Lipinski definition) is 1. The molecule has 22 heavy (non-hydrogen) atoms. The highest BCUT2D eigenvalue weighted by Crippen LogP contribution is 2.23. The van der Waals surface area contributed by atoms with Crippen LogP contribution in [-0.2, 0) is 11.2 Å². The second kappa shape index (κ2) is 5.93. The molecule has 3 aromatic rings. The van der Waals surface area contributed by atoms with Gasteiger partial charge in [-0.15, -0.1) is 0 Å². The molecular weight excluding hydrogens is 274 g/mol. The van der Waals surface area contributed by atoms with Crippen molar-refractivity contribution in [2.24, 2.45) is 0 Å². The average Bonchev–Trinajstić information content (AvgIpc) is 2.52. The molecule has 0 radical (unpaired) electrons. The molecular formula is C18H17N3O. The number of aryl methyl sites for hydroxylation is 2. The van der Waals surface area contributed by atoms with Gasteiger partial charge < -0.3 is 5.32 Å². The Morgan fingerprint density at radius 3 is 2.64 bits per heavy atom. The number of nitrogens with one attached hydrogen (secondary N) is 1. The minimum atomic E-state index is -0.0815. The zero-order chi connectivity index (χ0) is 15.5. The SMILES string of the molecule is Cc1nc2ccccc2c(C)c1CC(=O)Nc1ccccn1. The van der Waals surface area contributed by atoms with E-state index in [9.17, 15) is 4.79 Å². The summed E-state index contributed by atoms with van der Waals surface area (Å²) in [4.78, 5) is 21.0. The molecule has 0 aliphatic heterocycles. The Kier molecular flexibility index (Phi) is 3.83. The van der Waals surface area contributed by atoms with Crippen LogP contribution in [0.5, 0.6) is 0 Å². The minimum Gasteiger partial charge on any atom is -0.310 e. The minimum absolute atomic E-state index is 0.0815. The van der Waals surface area contributed by atoms with Gasteiger partial charge in [-0.2, -0.15) is 0 Å². The summed E-state index contributed by atoms with van der Waals surface area (Å²) in [6.07, 6.45) is 1.95. The molecule has 0 saturated heterocycles. The lowest BCUT2D eigenvalue weighted by atomic mass is 9.99. The fourth-order valence-electron chi connectivity index (χ4n) is 2.62. The standard InChI is InChI=1S/C18H17N3O/c1-12-14-7-3-4-8-16(14)20-13(2)15(12)11-18(22)21-17-9-5-6-10-19-17/h3-10H,11H2,1-2H3,(H,19,21,22). The summed E-state index contributed by atoms with van der Waals surface area (Å²) >= 11 is 0. The number of carbonyl (C=O) groups is 1. The molecule has 0 fully saturated rings. The smallest absolute Gasteiger partial charge is 0.230 e. The number of carbonyl (C=O) groups excluding carboxylic acids is 1.